The Balaban J connectivity index is 1.32. The number of esters is 1. The van der Waals surface area contributed by atoms with E-state index in [9.17, 15) is 14.4 Å². The van der Waals surface area contributed by atoms with Gasteiger partial charge in [-0.25, -0.2) is 10.2 Å². The summed E-state index contributed by atoms with van der Waals surface area (Å²) < 4.78 is 5.48. The van der Waals surface area contributed by atoms with Crippen LogP contribution in [0.4, 0.5) is 5.69 Å². The van der Waals surface area contributed by atoms with Gasteiger partial charge in [0.05, 0.1) is 18.2 Å². The molecular weight excluding hydrogens is 454 g/mol. The summed E-state index contributed by atoms with van der Waals surface area (Å²) in [5, 5.41) is 6.80. The number of carbonyl (C=O) groups excluding carboxylic acids is 3. The van der Waals surface area contributed by atoms with Crippen LogP contribution < -0.4 is 15.5 Å². The van der Waals surface area contributed by atoms with Crippen molar-refractivity contribution in [3.05, 3.63) is 131 Å². The topological polar surface area (TPSA) is 96.9 Å². The molecule has 0 aliphatic rings. The SMILES string of the molecule is O=C(Cc1ccccc1)Nc1ccc(C(=O)N/N=C\c2ccccc2OC(=O)c2ccccc2)cc1. The van der Waals surface area contributed by atoms with Gasteiger partial charge in [-0.2, -0.15) is 5.10 Å². The number of rotatable bonds is 8. The van der Waals surface area contributed by atoms with E-state index < -0.39 is 11.9 Å². The maximum absolute atomic E-state index is 12.5. The van der Waals surface area contributed by atoms with Crippen LogP contribution in [-0.4, -0.2) is 24.0 Å². The number of ether oxygens (including phenoxy) is 1. The van der Waals surface area contributed by atoms with Crippen molar-refractivity contribution < 1.29 is 19.1 Å². The number of carbonyl (C=O) groups is 3. The Labute approximate surface area is 208 Å². The van der Waals surface area contributed by atoms with E-state index in [0.717, 1.165) is 5.56 Å². The third-order valence-electron chi connectivity index (χ3n) is 5.14. The van der Waals surface area contributed by atoms with Crippen molar-refractivity contribution in [3.63, 3.8) is 0 Å². The molecule has 0 atom stereocenters. The molecule has 0 spiro atoms. The molecule has 4 aromatic carbocycles. The number of benzene rings is 4. The van der Waals surface area contributed by atoms with E-state index in [-0.39, 0.29) is 12.3 Å². The van der Waals surface area contributed by atoms with Gasteiger partial charge in [-0.3, -0.25) is 9.59 Å². The van der Waals surface area contributed by atoms with Crippen molar-refractivity contribution in [1.29, 1.82) is 0 Å². The second kappa shape index (κ2) is 11.9. The molecule has 36 heavy (non-hydrogen) atoms. The molecule has 0 bridgehead atoms. The maximum atomic E-state index is 12.5. The van der Waals surface area contributed by atoms with E-state index in [1.165, 1.54) is 6.21 Å². The number of nitrogens with one attached hydrogen (secondary N) is 2. The van der Waals surface area contributed by atoms with Crippen molar-refractivity contribution in [2.45, 2.75) is 6.42 Å². The van der Waals surface area contributed by atoms with E-state index in [1.807, 2.05) is 36.4 Å². The molecule has 0 radical (unpaired) electrons. The fraction of sp³-hybridized carbons (Fsp3) is 0.0345. The predicted molar refractivity (Wildman–Crippen MR) is 138 cm³/mol. The number of hydrazone groups is 1. The van der Waals surface area contributed by atoms with Gasteiger partial charge in [-0.05, 0) is 54.1 Å². The highest BCUT2D eigenvalue weighted by atomic mass is 16.5. The predicted octanol–water partition coefficient (Wildman–Crippen LogP) is 4.85. The smallest absolute Gasteiger partial charge is 0.343 e. The van der Waals surface area contributed by atoms with Crippen molar-refractivity contribution in [2.24, 2.45) is 5.10 Å². The Kier molecular flexibility index (Phi) is 7.96. The Hall–Kier alpha value is -5.04. The molecule has 0 saturated carbocycles. The third-order valence-corrected chi connectivity index (χ3v) is 5.14. The average Bonchev–Trinajstić information content (AvgIpc) is 2.91. The molecule has 7 nitrogen and oxygen atoms in total. The van der Waals surface area contributed by atoms with Crippen molar-refractivity contribution >= 4 is 29.7 Å². The van der Waals surface area contributed by atoms with Crippen LogP contribution in [0.25, 0.3) is 0 Å². The second-order valence-corrected chi connectivity index (χ2v) is 7.78. The van der Waals surface area contributed by atoms with Gasteiger partial charge in [0.15, 0.2) is 0 Å². The minimum atomic E-state index is -0.489. The second-order valence-electron chi connectivity index (χ2n) is 7.78. The zero-order valence-electron chi connectivity index (χ0n) is 19.3. The molecule has 178 valence electrons. The summed E-state index contributed by atoms with van der Waals surface area (Å²) >= 11 is 0. The van der Waals surface area contributed by atoms with Crippen molar-refractivity contribution in [2.75, 3.05) is 5.32 Å². The lowest BCUT2D eigenvalue weighted by atomic mass is 10.1. The fourth-order valence-electron chi connectivity index (χ4n) is 3.33. The van der Waals surface area contributed by atoms with Gasteiger partial charge < -0.3 is 10.1 Å². The average molecular weight is 478 g/mol. The van der Waals surface area contributed by atoms with Gasteiger partial charge in [0.1, 0.15) is 5.75 Å². The Bertz CT molecular complexity index is 1370. The molecule has 0 saturated heterocycles. The molecule has 0 aliphatic carbocycles. The van der Waals surface area contributed by atoms with Gasteiger partial charge in [0.25, 0.3) is 5.91 Å². The Morgan fingerprint density at radius 1 is 0.722 bits per heavy atom. The monoisotopic (exact) mass is 477 g/mol. The highest BCUT2D eigenvalue weighted by Crippen LogP contribution is 2.18. The molecule has 0 unspecified atom stereocenters. The Morgan fingerprint density at radius 2 is 1.36 bits per heavy atom. The summed E-state index contributed by atoms with van der Waals surface area (Å²) in [5.41, 5.74) is 5.29. The molecule has 0 aromatic heterocycles. The number of anilines is 1. The van der Waals surface area contributed by atoms with Gasteiger partial charge in [0, 0.05) is 16.8 Å². The van der Waals surface area contributed by atoms with Crippen LogP contribution in [-0.2, 0) is 11.2 Å². The van der Waals surface area contributed by atoms with Crippen LogP contribution in [0.1, 0.15) is 31.8 Å². The van der Waals surface area contributed by atoms with E-state index in [1.54, 1.807) is 72.8 Å². The van der Waals surface area contributed by atoms with E-state index in [4.69, 9.17) is 4.74 Å². The van der Waals surface area contributed by atoms with Crippen LogP contribution >= 0.6 is 0 Å². The van der Waals surface area contributed by atoms with Crippen molar-refractivity contribution in [3.8, 4) is 5.75 Å². The van der Waals surface area contributed by atoms with Crippen molar-refractivity contribution in [1.82, 2.24) is 5.43 Å². The lowest BCUT2D eigenvalue weighted by Crippen LogP contribution is -2.18. The lowest BCUT2D eigenvalue weighted by molar-refractivity contribution is -0.115. The molecule has 0 heterocycles. The summed E-state index contributed by atoms with van der Waals surface area (Å²) in [6.07, 6.45) is 1.67. The first-order chi connectivity index (χ1) is 17.6. The van der Waals surface area contributed by atoms with Crippen LogP contribution in [0, 0.1) is 0 Å². The zero-order chi connectivity index (χ0) is 25.2. The third kappa shape index (κ3) is 6.74. The molecular formula is C29H23N3O4. The number of hydrogen-bond donors (Lipinski definition) is 2. The molecule has 0 fully saturated rings. The molecule has 2 amide bonds. The lowest BCUT2D eigenvalue weighted by Gasteiger charge is -2.07. The zero-order valence-corrected chi connectivity index (χ0v) is 19.3. The minimum Gasteiger partial charge on any atom is -0.422 e. The van der Waals surface area contributed by atoms with Gasteiger partial charge in [0.2, 0.25) is 5.91 Å². The van der Waals surface area contributed by atoms with E-state index in [2.05, 4.69) is 15.8 Å². The van der Waals surface area contributed by atoms with Crippen LogP contribution in [0.5, 0.6) is 5.75 Å². The van der Waals surface area contributed by atoms with Gasteiger partial charge in [-0.1, -0.05) is 60.7 Å². The Morgan fingerprint density at radius 3 is 2.08 bits per heavy atom. The van der Waals surface area contributed by atoms with Crippen LogP contribution in [0.3, 0.4) is 0 Å². The maximum Gasteiger partial charge on any atom is 0.343 e. The largest absolute Gasteiger partial charge is 0.422 e. The number of amides is 2. The number of nitrogens with zero attached hydrogens (tertiary/aromatic N) is 1. The summed E-state index contributed by atoms with van der Waals surface area (Å²) in [4.78, 5) is 37.0. The van der Waals surface area contributed by atoms with Crippen LogP contribution in [0.2, 0.25) is 0 Å². The quantitative estimate of drug-likeness (QED) is 0.164. The minimum absolute atomic E-state index is 0.144. The van der Waals surface area contributed by atoms with Gasteiger partial charge >= 0.3 is 5.97 Å². The molecule has 4 aromatic rings. The van der Waals surface area contributed by atoms with Gasteiger partial charge in [-0.15, -0.1) is 0 Å². The normalized spacial score (nSPS) is 10.6. The summed E-state index contributed by atoms with van der Waals surface area (Å²) in [5.74, 6) is -0.738. The highest BCUT2D eigenvalue weighted by molar-refractivity contribution is 5.97. The van der Waals surface area contributed by atoms with E-state index in [0.29, 0.717) is 28.1 Å². The summed E-state index contributed by atoms with van der Waals surface area (Å²) in [6.45, 7) is 0. The van der Waals surface area contributed by atoms with E-state index >= 15 is 0 Å². The first kappa shape index (κ1) is 24.1. The standard InChI is InChI=1S/C29H23N3O4/c33-27(19-21-9-3-1-4-10-21)31-25-17-15-22(16-18-25)28(34)32-30-20-24-13-7-8-14-26(24)36-29(35)23-11-5-2-6-12-23/h1-18,20H,19H2,(H,31,33)(H,32,34)/b30-20-. The number of para-hydroxylation sites is 1. The summed E-state index contributed by atoms with van der Waals surface area (Å²) in [6, 6.07) is 31.5. The first-order valence-electron chi connectivity index (χ1n) is 11.2. The molecule has 2 N–H and O–H groups in total. The van der Waals surface area contributed by atoms with Crippen LogP contribution in [0.15, 0.2) is 114 Å². The molecule has 4 rings (SSSR count). The molecule has 7 heteroatoms. The first-order valence-corrected chi connectivity index (χ1v) is 11.2. The highest BCUT2D eigenvalue weighted by Gasteiger charge is 2.11. The fourth-order valence-corrected chi connectivity index (χ4v) is 3.33. The summed E-state index contributed by atoms with van der Waals surface area (Å²) in [7, 11) is 0. The number of hydrogen-bond acceptors (Lipinski definition) is 5. The molecule has 0 aliphatic heterocycles.